The fraction of sp³-hybridized carbons (Fsp3) is 0.458. The lowest BCUT2D eigenvalue weighted by molar-refractivity contribution is -0.132. The van der Waals surface area contributed by atoms with Gasteiger partial charge in [0.15, 0.2) is 0 Å². The number of hydrogen-bond donors (Lipinski definition) is 1. The van der Waals surface area contributed by atoms with E-state index in [9.17, 15) is 14.4 Å². The minimum atomic E-state index is -0.457. The Kier molecular flexibility index (Phi) is 5.97. The van der Waals surface area contributed by atoms with Crippen LogP contribution >= 0.6 is 11.3 Å². The van der Waals surface area contributed by atoms with E-state index < -0.39 is 5.69 Å². The highest BCUT2D eigenvalue weighted by Crippen LogP contribution is 2.21. The Morgan fingerprint density at radius 3 is 2.41 bits per heavy atom. The molecule has 2 aliphatic heterocycles. The van der Waals surface area contributed by atoms with Gasteiger partial charge in [0.05, 0.1) is 17.6 Å². The van der Waals surface area contributed by atoms with Gasteiger partial charge in [0.2, 0.25) is 5.91 Å². The average molecular weight is 453 g/mol. The Bertz CT molecular complexity index is 1210. The minimum Gasteiger partial charge on any atom is -0.342 e. The van der Waals surface area contributed by atoms with Crippen molar-refractivity contribution in [2.45, 2.75) is 44.6 Å². The Balaban J connectivity index is 1.23. The molecule has 5 rings (SSSR count). The van der Waals surface area contributed by atoms with Crippen molar-refractivity contribution in [3.63, 3.8) is 0 Å². The molecule has 168 valence electrons. The fourth-order valence-corrected chi connectivity index (χ4v) is 5.76. The number of fused-ring (bicyclic) bond motifs is 1. The number of thiophene rings is 1. The molecule has 7 nitrogen and oxygen atoms in total. The predicted octanol–water partition coefficient (Wildman–Crippen LogP) is 2.76. The Hall–Kier alpha value is -2.71. The van der Waals surface area contributed by atoms with Crippen molar-refractivity contribution >= 4 is 27.5 Å². The van der Waals surface area contributed by atoms with E-state index in [0.29, 0.717) is 28.4 Å². The first-order valence-electron chi connectivity index (χ1n) is 11.4. The number of H-pyrrole nitrogens is 1. The summed E-state index contributed by atoms with van der Waals surface area (Å²) in [6.07, 6.45) is 6.40. The lowest BCUT2D eigenvalue weighted by Gasteiger charge is -2.40. The molecule has 2 saturated heterocycles. The van der Waals surface area contributed by atoms with Gasteiger partial charge in [0.1, 0.15) is 4.70 Å². The maximum atomic E-state index is 12.8. The van der Waals surface area contributed by atoms with Crippen molar-refractivity contribution in [3.05, 3.63) is 62.1 Å². The molecule has 2 fully saturated rings. The van der Waals surface area contributed by atoms with Crippen LogP contribution < -0.4 is 11.2 Å². The van der Waals surface area contributed by atoms with E-state index >= 15 is 0 Å². The molecule has 2 aliphatic rings. The van der Waals surface area contributed by atoms with Crippen LogP contribution in [0.3, 0.4) is 0 Å². The lowest BCUT2D eigenvalue weighted by Crippen LogP contribution is -2.48. The van der Waals surface area contributed by atoms with Crippen LogP contribution in [-0.2, 0) is 11.2 Å². The molecule has 1 aromatic carbocycles. The first-order valence-corrected chi connectivity index (χ1v) is 12.3. The van der Waals surface area contributed by atoms with Gasteiger partial charge in [0.25, 0.3) is 5.56 Å². The van der Waals surface area contributed by atoms with Crippen LogP contribution in [-0.4, -0.2) is 57.5 Å². The molecule has 3 aromatic rings. The van der Waals surface area contributed by atoms with Crippen LogP contribution in [0.1, 0.15) is 37.7 Å². The largest absolute Gasteiger partial charge is 0.342 e. The van der Waals surface area contributed by atoms with Crippen LogP contribution in [0.5, 0.6) is 0 Å². The molecule has 0 radical (unpaired) electrons. The number of piperidine rings is 2. The maximum Gasteiger partial charge on any atom is 0.333 e. The van der Waals surface area contributed by atoms with Crippen LogP contribution in [0.4, 0.5) is 0 Å². The molecule has 0 saturated carbocycles. The highest BCUT2D eigenvalue weighted by atomic mass is 32.1. The van der Waals surface area contributed by atoms with Gasteiger partial charge < -0.3 is 14.8 Å². The standard InChI is InChI=1S/C24H28N4O3S/c29-21(27-13-8-18(9-14-27)26-11-2-1-3-12-26)16-17-4-6-19(7-5-17)28-23(30)22-20(10-15-32-22)25-24(28)31/h4-7,10,15,18H,1-3,8-9,11-14,16H2,(H,25,31). The first kappa shape index (κ1) is 21.2. The summed E-state index contributed by atoms with van der Waals surface area (Å²) >= 11 is 1.31. The summed E-state index contributed by atoms with van der Waals surface area (Å²) in [5, 5.41) is 1.79. The second-order valence-corrected chi connectivity index (χ2v) is 9.70. The number of nitrogens with one attached hydrogen (secondary N) is 1. The number of aromatic nitrogens is 2. The van der Waals surface area contributed by atoms with Crippen molar-refractivity contribution in [3.8, 4) is 5.69 Å². The van der Waals surface area contributed by atoms with Gasteiger partial charge in [-0.2, -0.15) is 0 Å². The van der Waals surface area contributed by atoms with E-state index in [1.54, 1.807) is 23.6 Å². The number of hydrogen-bond acceptors (Lipinski definition) is 5. The first-order chi connectivity index (χ1) is 15.6. The van der Waals surface area contributed by atoms with Crippen molar-refractivity contribution in [2.24, 2.45) is 0 Å². The Morgan fingerprint density at radius 1 is 0.969 bits per heavy atom. The van der Waals surface area contributed by atoms with E-state index in [2.05, 4.69) is 9.88 Å². The number of carbonyl (C=O) groups is 1. The summed E-state index contributed by atoms with van der Waals surface area (Å²) < 4.78 is 1.67. The maximum absolute atomic E-state index is 12.8. The number of likely N-dealkylation sites (tertiary alicyclic amines) is 2. The van der Waals surface area contributed by atoms with Crippen LogP contribution in [0.25, 0.3) is 15.9 Å². The molecule has 0 aliphatic carbocycles. The molecule has 0 unspecified atom stereocenters. The third kappa shape index (κ3) is 4.17. The van der Waals surface area contributed by atoms with Gasteiger partial charge in [-0.15, -0.1) is 11.3 Å². The summed E-state index contributed by atoms with van der Waals surface area (Å²) in [6, 6.07) is 9.49. The van der Waals surface area contributed by atoms with E-state index in [1.807, 2.05) is 17.0 Å². The molecule has 32 heavy (non-hydrogen) atoms. The number of amides is 1. The summed E-state index contributed by atoms with van der Waals surface area (Å²) in [5.74, 6) is 0.143. The van der Waals surface area contributed by atoms with E-state index in [1.165, 1.54) is 43.7 Å². The zero-order valence-electron chi connectivity index (χ0n) is 18.1. The molecule has 0 atom stereocenters. The zero-order valence-corrected chi connectivity index (χ0v) is 18.9. The van der Waals surface area contributed by atoms with Gasteiger partial charge in [-0.3, -0.25) is 9.59 Å². The summed E-state index contributed by atoms with van der Waals surface area (Å²) in [7, 11) is 0. The smallest absolute Gasteiger partial charge is 0.333 e. The zero-order chi connectivity index (χ0) is 22.1. The molecular formula is C24H28N4O3S. The second kappa shape index (κ2) is 9.03. The van der Waals surface area contributed by atoms with Crippen molar-refractivity contribution in [1.29, 1.82) is 0 Å². The summed E-state index contributed by atoms with van der Waals surface area (Å²) in [4.78, 5) is 45.3. The Morgan fingerprint density at radius 2 is 1.69 bits per heavy atom. The van der Waals surface area contributed by atoms with E-state index in [-0.39, 0.29) is 11.5 Å². The molecule has 8 heteroatoms. The number of carbonyl (C=O) groups excluding carboxylic acids is 1. The highest BCUT2D eigenvalue weighted by Gasteiger charge is 2.27. The fourth-order valence-electron chi connectivity index (χ4n) is 4.99. The molecule has 0 bridgehead atoms. The SMILES string of the molecule is O=C(Cc1ccc(-n2c(=O)[nH]c3ccsc3c2=O)cc1)N1CCC(N2CCCCC2)CC1. The normalized spacial score (nSPS) is 18.3. The lowest BCUT2D eigenvalue weighted by atomic mass is 9.99. The molecule has 1 N–H and O–H groups in total. The van der Waals surface area contributed by atoms with E-state index in [0.717, 1.165) is 36.1 Å². The van der Waals surface area contributed by atoms with Crippen LogP contribution in [0, 0.1) is 0 Å². The quantitative estimate of drug-likeness (QED) is 0.660. The number of aromatic amines is 1. The molecule has 1 amide bonds. The average Bonchev–Trinajstić information content (AvgIpc) is 3.29. The van der Waals surface area contributed by atoms with Crippen LogP contribution in [0.2, 0.25) is 0 Å². The highest BCUT2D eigenvalue weighted by molar-refractivity contribution is 7.17. The van der Waals surface area contributed by atoms with Crippen molar-refractivity contribution in [2.75, 3.05) is 26.2 Å². The molecular weight excluding hydrogens is 424 g/mol. The van der Waals surface area contributed by atoms with Gasteiger partial charge >= 0.3 is 5.69 Å². The minimum absolute atomic E-state index is 0.143. The monoisotopic (exact) mass is 452 g/mol. The van der Waals surface area contributed by atoms with Crippen LogP contribution in [0.15, 0.2) is 45.3 Å². The summed E-state index contributed by atoms with van der Waals surface area (Å²) in [6.45, 7) is 4.06. The molecule has 4 heterocycles. The second-order valence-electron chi connectivity index (χ2n) is 8.79. The third-order valence-corrected chi connectivity index (χ3v) is 7.68. The molecule has 2 aromatic heterocycles. The summed E-state index contributed by atoms with van der Waals surface area (Å²) in [5.41, 5.74) is 1.18. The van der Waals surface area contributed by atoms with Gasteiger partial charge in [0, 0.05) is 19.1 Å². The number of rotatable bonds is 4. The predicted molar refractivity (Wildman–Crippen MR) is 127 cm³/mol. The van der Waals surface area contributed by atoms with Gasteiger partial charge in [-0.25, -0.2) is 9.36 Å². The topological polar surface area (TPSA) is 78.4 Å². The number of nitrogens with zero attached hydrogens (tertiary/aromatic N) is 3. The number of benzene rings is 1. The van der Waals surface area contributed by atoms with Gasteiger partial charge in [-0.1, -0.05) is 18.6 Å². The van der Waals surface area contributed by atoms with Crippen molar-refractivity contribution < 1.29 is 4.79 Å². The van der Waals surface area contributed by atoms with Crippen molar-refractivity contribution in [1.82, 2.24) is 19.4 Å². The third-order valence-electron chi connectivity index (χ3n) is 6.78. The van der Waals surface area contributed by atoms with E-state index in [4.69, 9.17) is 0 Å². The van der Waals surface area contributed by atoms with Gasteiger partial charge in [-0.05, 0) is 67.9 Å². The Labute approximate surface area is 190 Å². The molecule has 0 spiro atoms.